The molecule has 18 heavy (non-hydrogen) atoms. The molecule has 1 saturated heterocycles. The topological polar surface area (TPSA) is 86.5 Å². The van der Waals surface area contributed by atoms with Gasteiger partial charge in [0.25, 0.3) is 0 Å². The van der Waals surface area contributed by atoms with Crippen molar-refractivity contribution < 1.29 is 22.3 Å². The third kappa shape index (κ3) is 2.79. The van der Waals surface area contributed by atoms with Crippen LogP contribution in [0.2, 0.25) is 0 Å². The first-order valence-corrected chi connectivity index (χ1v) is 7.16. The predicted octanol–water partition coefficient (Wildman–Crippen LogP) is 0.752. The number of nitrogen functional groups attached to an aromatic ring is 1. The third-order valence-electron chi connectivity index (χ3n) is 2.70. The maximum absolute atomic E-state index is 12.9. The molecule has 1 heterocycles. The molecule has 1 atom stereocenters. The van der Waals surface area contributed by atoms with E-state index in [4.69, 9.17) is 10.5 Å². The first-order chi connectivity index (χ1) is 8.37. The lowest BCUT2D eigenvalue weighted by molar-refractivity contribution is 0.0356. The molecule has 1 aliphatic rings. The molecule has 1 aromatic carbocycles. The summed E-state index contributed by atoms with van der Waals surface area (Å²) in [5.41, 5.74) is 5.29. The van der Waals surface area contributed by atoms with E-state index in [2.05, 4.69) is 0 Å². The molecule has 0 bridgehead atoms. The molecule has 2 N–H and O–H groups in total. The number of rotatable bonds is 2. The Morgan fingerprint density at radius 3 is 2.72 bits per heavy atom. The Morgan fingerprint density at radius 2 is 2.17 bits per heavy atom. The Labute approximate surface area is 104 Å². The molecule has 5 nitrogen and oxygen atoms in total. The van der Waals surface area contributed by atoms with Crippen molar-refractivity contribution in [3.8, 4) is 0 Å². The van der Waals surface area contributed by atoms with Crippen LogP contribution in [0.25, 0.3) is 0 Å². The summed E-state index contributed by atoms with van der Waals surface area (Å²) in [4.78, 5) is 11.7. The number of nitrogens with two attached hydrogens (primary N) is 1. The van der Waals surface area contributed by atoms with E-state index in [9.17, 15) is 17.6 Å². The maximum atomic E-state index is 12.9. The number of anilines is 1. The minimum absolute atomic E-state index is 0.0243. The summed E-state index contributed by atoms with van der Waals surface area (Å²) in [7, 11) is -3.10. The molecule has 0 radical (unpaired) electrons. The van der Waals surface area contributed by atoms with Crippen LogP contribution in [0.1, 0.15) is 16.8 Å². The lowest BCUT2D eigenvalue weighted by atomic mass is 10.2. The molecule has 1 fully saturated rings. The lowest BCUT2D eigenvalue weighted by Crippen LogP contribution is -2.19. The minimum Gasteiger partial charge on any atom is -0.458 e. The van der Waals surface area contributed by atoms with Crippen LogP contribution in [-0.4, -0.2) is 32.0 Å². The van der Waals surface area contributed by atoms with Crippen LogP contribution < -0.4 is 5.73 Å². The summed E-state index contributed by atoms with van der Waals surface area (Å²) in [6.45, 7) is 0. The first kappa shape index (κ1) is 12.8. The average molecular weight is 273 g/mol. The number of halogens is 1. The average Bonchev–Trinajstić information content (AvgIpc) is 2.62. The van der Waals surface area contributed by atoms with Crippen molar-refractivity contribution in [2.75, 3.05) is 17.2 Å². The summed E-state index contributed by atoms with van der Waals surface area (Å²) in [6, 6.07) is 3.48. The van der Waals surface area contributed by atoms with Gasteiger partial charge in [-0.25, -0.2) is 17.6 Å². The van der Waals surface area contributed by atoms with Gasteiger partial charge in [-0.2, -0.15) is 0 Å². The van der Waals surface area contributed by atoms with Crippen molar-refractivity contribution in [1.82, 2.24) is 0 Å². The van der Waals surface area contributed by atoms with Crippen LogP contribution in [-0.2, 0) is 14.6 Å². The largest absolute Gasteiger partial charge is 0.458 e. The number of carbonyl (C=O) groups is 1. The normalized spacial score (nSPS) is 21.7. The van der Waals surface area contributed by atoms with Crippen molar-refractivity contribution in [1.29, 1.82) is 0 Å². The monoisotopic (exact) mass is 273 g/mol. The second-order valence-corrected chi connectivity index (χ2v) is 6.40. The van der Waals surface area contributed by atoms with Crippen LogP contribution in [0.3, 0.4) is 0 Å². The quantitative estimate of drug-likeness (QED) is 0.634. The van der Waals surface area contributed by atoms with Gasteiger partial charge < -0.3 is 10.5 Å². The van der Waals surface area contributed by atoms with Gasteiger partial charge in [0.1, 0.15) is 11.9 Å². The van der Waals surface area contributed by atoms with E-state index in [-0.39, 0.29) is 22.8 Å². The predicted molar refractivity (Wildman–Crippen MR) is 63.3 cm³/mol. The van der Waals surface area contributed by atoms with Gasteiger partial charge in [0.2, 0.25) is 0 Å². The number of benzene rings is 1. The zero-order chi connectivity index (χ0) is 13.3. The first-order valence-electron chi connectivity index (χ1n) is 5.34. The molecule has 0 aromatic heterocycles. The van der Waals surface area contributed by atoms with E-state index in [1.807, 2.05) is 0 Å². The molecular weight excluding hydrogens is 261 g/mol. The van der Waals surface area contributed by atoms with Crippen LogP contribution in [0.4, 0.5) is 10.1 Å². The SMILES string of the molecule is Nc1cc(C(=O)OC2CCS(=O)(=O)C2)ccc1F. The molecule has 2 rings (SSSR count). The Bertz CT molecular complexity index is 585. The second-order valence-electron chi connectivity index (χ2n) is 4.17. The van der Waals surface area contributed by atoms with Gasteiger partial charge in [-0.1, -0.05) is 0 Å². The lowest BCUT2D eigenvalue weighted by Gasteiger charge is -2.10. The molecule has 0 spiro atoms. The summed E-state index contributed by atoms with van der Waals surface area (Å²) < 4.78 is 40.3. The van der Waals surface area contributed by atoms with Crippen LogP contribution >= 0.6 is 0 Å². The Kier molecular flexibility index (Phi) is 3.25. The van der Waals surface area contributed by atoms with Crippen molar-refractivity contribution in [3.05, 3.63) is 29.6 Å². The van der Waals surface area contributed by atoms with Gasteiger partial charge in [-0.3, -0.25) is 0 Å². The highest BCUT2D eigenvalue weighted by Gasteiger charge is 2.31. The van der Waals surface area contributed by atoms with Gasteiger partial charge in [0, 0.05) is 0 Å². The van der Waals surface area contributed by atoms with Gasteiger partial charge in [0.05, 0.1) is 22.8 Å². The van der Waals surface area contributed by atoms with E-state index in [0.29, 0.717) is 6.42 Å². The number of hydrogen-bond donors (Lipinski definition) is 1. The second kappa shape index (κ2) is 4.56. The van der Waals surface area contributed by atoms with Gasteiger partial charge in [-0.05, 0) is 24.6 Å². The highest BCUT2D eigenvalue weighted by atomic mass is 32.2. The van der Waals surface area contributed by atoms with E-state index in [1.54, 1.807) is 0 Å². The molecule has 0 aliphatic carbocycles. The Morgan fingerprint density at radius 1 is 1.44 bits per heavy atom. The standard InChI is InChI=1S/C11H12FNO4S/c12-9-2-1-7(5-10(9)13)11(14)17-8-3-4-18(15,16)6-8/h1-2,5,8H,3-4,6,13H2. The van der Waals surface area contributed by atoms with Gasteiger partial charge >= 0.3 is 5.97 Å². The number of sulfone groups is 1. The molecular formula is C11H12FNO4S. The molecule has 7 heteroatoms. The van der Waals surface area contributed by atoms with E-state index < -0.39 is 27.7 Å². The number of esters is 1. The summed E-state index contributed by atoms with van der Waals surface area (Å²) >= 11 is 0. The Balaban J connectivity index is 2.06. The summed E-state index contributed by atoms with van der Waals surface area (Å²) in [6.07, 6.45) is -0.334. The zero-order valence-electron chi connectivity index (χ0n) is 9.43. The molecule has 0 amide bonds. The fraction of sp³-hybridized carbons (Fsp3) is 0.364. The van der Waals surface area contributed by atoms with Crippen molar-refractivity contribution >= 4 is 21.5 Å². The summed E-state index contributed by atoms with van der Waals surface area (Å²) in [5.74, 6) is -1.44. The number of ether oxygens (including phenoxy) is 1. The van der Waals surface area contributed by atoms with Gasteiger partial charge in [0.15, 0.2) is 9.84 Å². The fourth-order valence-corrected chi connectivity index (χ4v) is 3.33. The van der Waals surface area contributed by atoms with E-state index in [1.165, 1.54) is 12.1 Å². The van der Waals surface area contributed by atoms with Gasteiger partial charge in [-0.15, -0.1) is 0 Å². The summed E-state index contributed by atoms with van der Waals surface area (Å²) in [5, 5.41) is 0. The zero-order valence-corrected chi connectivity index (χ0v) is 10.2. The third-order valence-corrected chi connectivity index (χ3v) is 4.43. The minimum atomic E-state index is -3.10. The Hall–Kier alpha value is -1.63. The van der Waals surface area contributed by atoms with Crippen molar-refractivity contribution in [2.24, 2.45) is 0 Å². The maximum Gasteiger partial charge on any atom is 0.338 e. The fourth-order valence-electron chi connectivity index (χ4n) is 1.74. The van der Waals surface area contributed by atoms with E-state index >= 15 is 0 Å². The highest BCUT2D eigenvalue weighted by molar-refractivity contribution is 7.91. The smallest absolute Gasteiger partial charge is 0.338 e. The van der Waals surface area contributed by atoms with Crippen LogP contribution in [0.15, 0.2) is 18.2 Å². The van der Waals surface area contributed by atoms with E-state index in [0.717, 1.165) is 6.07 Å². The molecule has 1 unspecified atom stereocenters. The number of hydrogen-bond acceptors (Lipinski definition) is 5. The highest BCUT2D eigenvalue weighted by Crippen LogP contribution is 2.18. The number of carbonyl (C=O) groups excluding carboxylic acids is 1. The van der Waals surface area contributed by atoms with Crippen LogP contribution in [0.5, 0.6) is 0 Å². The van der Waals surface area contributed by atoms with Crippen molar-refractivity contribution in [3.63, 3.8) is 0 Å². The molecule has 1 aromatic rings. The molecule has 1 aliphatic heterocycles. The van der Waals surface area contributed by atoms with Crippen molar-refractivity contribution in [2.45, 2.75) is 12.5 Å². The molecule has 0 saturated carbocycles. The molecule has 98 valence electrons. The van der Waals surface area contributed by atoms with Crippen LogP contribution in [0, 0.1) is 5.82 Å².